The summed E-state index contributed by atoms with van der Waals surface area (Å²) < 4.78 is 11.1. The van der Waals surface area contributed by atoms with Crippen LogP contribution in [0.2, 0.25) is 0 Å². The van der Waals surface area contributed by atoms with Gasteiger partial charge in [-0.1, -0.05) is 140 Å². The Kier molecular flexibility index (Phi) is 6.86. The van der Waals surface area contributed by atoms with E-state index in [9.17, 15) is 0 Å². The van der Waals surface area contributed by atoms with E-state index in [1.165, 1.54) is 10.8 Å². The number of nitrogens with zero attached hydrogens (tertiary/aromatic N) is 4. The molecule has 0 fully saturated rings. The van der Waals surface area contributed by atoms with Crippen molar-refractivity contribution in [2.24, 2.45) is 0 Å². The molecule has 8 aromatic carbocycles. The highest BCUT2D eigenvalue weighted by atomic mass is 16.3. The zero-order valence-corrected chi connectivity index (χ0v) is 30.7. The summed E-state index contributed by atoms with van der Waals surface area (Å²) in [5.74, 6) is 0.598. The normalized spacial score (nSPS) is 11.9. The highest BCUT2D eigenvalue weighted by molar-refractivity contribution is 6.23. The van der Waals surface area contributed by atoms with Crippen LogP contribution in [-0.4, -0.2) is 19.1 Å². The van der Waals surface area contributed by atoms with E-state index in [4.69, 9.17) is 14.4 Å². The standard InChI is InChI=1S/C52H32N4O/c1-3-14-33(15-4-1)34-16-13-17-35(30-34)44-32-45(36-26-27-41-40-22-9-12-25-48(40)57-49(41)31-36)54-52(53-44)56-47-24-11-8-21-39(47)43-29-28-42-38-20-7-10-23-46(38)55(50(42)51(43)56)37-18-5-2-6-19-37/h1-32H. The van der Waals surface area contributed by atoms with E-state index in [2.05, 4.69) is 191 Å². The van der Waals surface area contributed by atoms with Crippen molar-refractivity contribution in [3.63, 3.8) is 0 Å². The number of para-hydroxylation sites is 4. The van der Waals surface area contributed by atoms with Crippen LogP contribution in [0.1, 0.15) is 0 Å². The predicted octanol–water partition coefficient (Wildman–Crippen LogP) is 13.6. The van der Waals surface area contributed by atoms with Gasteiger partial charge in [-0.25, -0.2) is 9.97 Å². The second kappa shape index (κ2) is 12.4. The van der Waals surface area contributed by atoms with Gasteiger partial charge in [0.2, 0.25) is 5.95 Å². The lowest BCUT2D eigenvalue weighted by Crippen LogP contribution is -2.05. The minimum atomic E-state index is 0.598. The van der Waals surface area contributed by atoms with Crippen LogP contribution in [-0.2, 0) is 0 Å². The van der Waals surface area contributed by atoms with Crippen LogP contribution < -0.4 is 0 Å². The fourth-order valence-corrected chi connectivity index (χ4v) is 8.76. The molecule has 0 saturated carbocycles. The SMILES string of the molecule is c1ccc(-c2cccc(-c3cc(-c4ccc5c(c4)oc4ccccc45)nc(-n4c5ccccc5c5ccc6c7ccccc7n(-c7ccccc7)c6c54)n3)c2)cc1. The lowest BCUT2D eigenvalue weighted by atomic mass is 10.0. The Morgan fingerprint density at radius 3 is 1.60 bits per heavy atom. The van der Waals surface area contributed by atoms with Crippen molar-refractivity contribution in [2.75, 3.05) is 0 Å². The van der Waals surface area contributed by atoms with Gasteiger partial charge in [-0.15, -0.1) is 0 Å². The third-order valence-corrected chi connectivity index (χ3v) is 11.3. The van der Waals surface area contributed by atoms with Crippen molar-refractivity contribution < 1.29 is 4.42 Å². The summed E-state index contributed by atoms with van der Waals surface area (Å²) in [5.41, 5.74) is 13.0. The van der Waals surface area contributed by atoms with E-state index in [1.54, 1.807) is 0 Å². The Morgan fingerprint density at radius 2 is 0.860 bits per heavy atom. The first-order valence-corrected chi connectivity index (χ1v) is 19.2. The molecule has 5 nitrogen and oxygen atoms in total. The summed E-state index contributed by atoms with van der Waals surface area (Å²) in [4.78, 5) is 11.0. The van der Waals surface area contributed by atoms with Crippen molar-refractivity contribution in [1.29, 1.82) is 0 Å². The van der Waals surface area contributed by atoms with Gasteiger partial charge >= 0.3 is 0 Å². The second-order valence-electron chi connectivity index (χ2n) is 14.6. The maximum absolute atomic E-state index is 6.39. The molecule has 4 heterocycles. The zero-order valence-electron chi connectivity index (χ0n) is 30.7. The van der Waals surface area contributed by atoms with Crippen molar-refractivity contribution in [1.82, 2.24) is 19.1 Å². The summed E-state index contributed by atoms with van der Waals surface area (Å²) in [5, 5.41) is 6.84. The van der Waals surface area contributed by atoms with Crippen LogP contribution in [0.5, 0.6) is 0 Å². The zero-order chi connectivity index (χ0) is 37.5. The van der Waals surface area contributed by atoms with E-state index in [0.717, 1.165) is 94.1 Å². The summed E-state index contributed by atoms with van der Waals surface area (Å²) in [7, 11) is 0. The number of fused-ring (bicyclic) bond motifs is 10. The van der Waals surface area contributed by atoms with E-state index in [-0.39, 0.29) is 0 Å². The van der Waals surface area contributed by atoms with Crippen LogP contribution in [0.15, 0.2) is 199 Å². The van der Waals surface area contributed by atoms with Crippen LogP contribution >= 0.6 is 0 Å². The molecule has 0 unspecified atom stereocenters. The second-order valence-corrected chi connectivity index (χ2v) is 14.6. The Morgan fingerprint density at radius 1 is 0.333 bits per heavy atom. The molecule has 4 aromatic heterocycles. The molecule has 0 N–H and O–H groups in total. The Labute approximate surface area is 327 Å². The highest BCUT2D eigenvalue weighted by Gasteiger charge is 2.23. The minimum absolute atomic E-state index is 0.598. The lowest BCUT2D eigenvalue weighted by molar-refractivity contribution is 0.669. The molecule has 0 amide bonds. The molecule has 0 radical (unpaired) electrons. The van der Waals surface area contributed by atoms with Crippen molar-refractivity contribution in [3.05, 3.63) is 194 Å². The largest absolute Gasteiger partial charge is 0.456 e. The molecule has 12 aromatic rings. The fourth-order valence-electron chi connectivity index (χ4n) is 8.76. The van der Waals surface area contributed by atoms with E-state index < -0.39 is 0 Å². The molecule has 0 aliphatic carbocycles. The maximum atomic E-state index is 6.39. The molecular weight excluding hydrogens is 697 g/mol. The quantitative estimate of drug-likeness (QED) is 0.177. The molecule has 0 atom stereocenters. The van der Waals surface area contributed by atoms with Crippen molar-refractivity contribution in [2.45, 2.75) is 0 Å². The monoisotopic (exact) mass is 728 g/mol. The average molecular weight is 729 g/mol. The van der Waals surface area contributed by atoms with Gasteiger partial charge in [0, 0.05) is 49.1 Å². The van der Waals surface area contributed by atoms with Gasteiger partial charge in [-0.2, -0.15) is 0 Å². The van der Waals surface area contributed by atoms with Gasteiger partial charge in [0.15, 0.2) is 0 Å². The van der Waals surface area contributed by atoms with Gasteiger partial charge in [0.05, 0.1) is 33.5 Å². The summed E-state index contributed by atoms with van der Waals surface area (Å²) in [6, 6.07) is 68.3. The van der Waals surface area contributed by atoms with Crippen molar-refractivity contribution >= 4 is 65.6 Å². The first-order chi connectivity index (χ1) is 28.3. The van der Waals surface area contributed by atoms with E-state index >= 15 is 0 Å². The molecule has 0 spiro atoms. The maximum Gasteiger partial charge on any atom is 0.235 e. The predicted molar refractivity (Wildman–Crippen MR) is 234 cm³/mol. The summed E-state index contributed by atoms with van der Waals surface area (Å²) in [6.45, 7) is 0. The van der Waals surface area contributed by atoms with Gasteiger partial charge in [0.1, 0.15) is 11.2 Å². The molecule has 0 aliphatic heterocycles. The highest BCUT2D eigenvalue weighted by Crippen LogP contribution is 2.42. The number of rotatable bonds is 5. The third kappa shape index (κ3) is 4.89. The number of hydrogen-bond donors (Lipinski definition) is 0. The van der Waals surface area contributed by atoms with Gasteiger partial charge < -0.3 is 8.98 Å². The van der Waals surface area contributed by atoms with Gasteiger partial charge in [-0.05, 0) is 65.7 Å². The summed E-state index contributed by atoms with van der Waals surface area (Å²) >= 11 is 0. The third-order valence-electron chi connectivity index (χ3n) is 11.3. The van der Waals surface area contributed by atoms with Crippen LogP contribution in [0.25, 0.3) is 111 Å². The van der Waals surface area contributed by atoms with E-state index in [1.807, 2.05) is 12.1 Å². The van der Waals surface area contributed by atoms with Crippen LogP contribution in [0.4, 0.5) is 0 Å². The van der Waals surface area contributed by atoms with Crippen LogP contribution in [0, 0.1) is 0 Å². The molecule has 12 rings (SSSR count). The molecule has 266 valence electrons. The Balaban J connectivity index is 1.19. The minimum Gasteiger partial charge on any atom is -0.456 e. The fraction of sp³-hybridized carbons (Fsp3) is 0. The van der Waals surface area contributed by atoms with Gasteiger partial charge in [-0.3, -0.25) is 4.57 Å². The molecule has 5 heteroatoms. The smallest absolute Gasteiger partial charge is 0.235 e. The average Bonchev–Trinajstić information content (AvgIpc) is 3.94. The number of benzene rings is 8. The first-order valence-electron chi connectivity index (χ1n) is 19.2. The Bertz CT molecular complexity index is 3520. The van der Waals surface area contributed by atoms with Crippen LogP contribution in [0.3, 0.4) is 0 Å². The van der Waals surface area contributed by atoms with Gasteiger partial charge in [0.25, 0.3) is 0 Å². The topological polar surface area (TPSA) is 48.8 Å². The Hall–Kier alpha value is -7.76. The molecule has 0 saturated heterocycles. The molecule has 0 aliphatic rings. The van der Waals surface area contributed by atoms with E-state index in [0.29, 0.717) is 5.95 Å². The molecule has 0 bridgehead atoms. The molecular formula is C52H32N4O. The summed E-state index contributed by atoms with van der Waals surface area (Å²) in [6.07, 6.45) is 0. The molecule has 57 heavy (non-hydrogen) atoms. The lowest BCUT2D eigenvalue weighted by Gasteiger charge is -2.14. The first kappa shape index (κ1) is 31.6. The van der Waals surface area contributed by atoms with Crippen molar-refractivity contribution in [3.8, 4) is 45.3 Å². The number of hydrogen-bond acceptors (Lipinski definition) is 3. The number of furan rings is 1. The number of aromatic nitrogens is 4.